The molecular weight excluding hydrogens is 1000 g/mol. The monoisotopic (exact) mass is 1060 g/mol. The maximum absolute atomic E-state index is 13.5. The number of rotatable bonds is 11. The van der Waals surface area contributed by atoms with Crippen LogP contribution in [-0.4, -0.2) is 149 Å². The van der Waals surface area contributed by atoms with Crippen molar-refractivity contribution in [2.24, 2.45) is 0 Å². The van der Waals surface area contributed by atoms with Crippen molar-refractivity contribution in [2.75, 3.05) is 75.4 Å². The van der Waals surface area contributed by atoms with Crippen LogP contribution in [-0.2, 0) is 22.3 Å². The second-order valence-electron chi connectivity index (χ2n) is 19.1. The second kappa shape index (κ2) is 26.0. The summed E-state index contributed by atoms with van der Waals surface area (Å²) in [5, 5.41) is 34.1. The molecule has 0 unspecified atom stereocenters. The number of nitrogens with one attached hydrogen (secondary N) is 1. The minimum absolute atomic E-state index is 0.0392. The molecule has 0 aliphatic carbocycles. The number of aromatic nitrogens is 8. The Kier molecular flexibility index (Phi) is 19.7. The Labute approximate surface area is 433 Å². The van der Waals surface area contributed by atoms with Gasteiger partial charge in [-0.05, 0) is 116 Å². The molecule has 73 heavy (non-hydrogen) atoms. The fraction of sp³-hybridized carbons (Fsp3) is 0.423. The summed E-state index contributed by atoms with van der Waals surface area (Å²) >= 11 is 3.38. The highest BCUT2D eigenvalue weighted by Gasteiger charge is 2.29. The lowest BCUT2D eigenvalue weighted by Crippen LogP contribution is -2.51. The average molecular weight is 1070 g/mol. The van der Waals surface area contributed by atoms with Crippen molar-refractivity contribution in [3.63, 3.8) is 0 Å². The number of H-pyrrole nitrogens is 1. The lowest BCUT2D eigenvalue weighted by Gasteiger charge is -2.36. The molecule has 2 amide bonds. The number of aromatic amines is 1. The number of hydrogen-bond donors (Lipinski definition) is 3. The van der Waals surface area contributed by atoms with Crippen LogP contribution in [0, 0.1) is 0 Å². The predicted octanol–water partition coefficient (Wildman–Crippen LogP) is 6.33. The first-order valence-corrected chi connectivity index (χ1v) is 25.0. The van der Waals surface area contributed by atoms with Gasteiger partial charge in [-0.25, -0.2) is 19.6 Å². The van der Waals surface area contributed by atoms with Crippen LogP contribution in [0.25, 0.3) is 28.2 Å². The van der Waals surface area contributed by atoms with E-state index in [0.717, 1.165) is 32.7 Å². The van der Waals surface area contributed by atoms with Gasteiger partial charge in [0.25, 0.3) is 11.1 Å². The summed E-state index contributed by atoms with van der Waals surface area (Å²) in [5.74, 6) is 0.710. The summed E-state index contributed by atoms with van der Waals surface area (Å²) in [6.07, 6.45) is 8.21. The van der Waals surface area contributed by atoms with E-state index in [9.17, 15) is 24.3 Å². The SMILES string of the molecule is Brc1ccc(-c2cccnn2)cc1.CC(C)(C)OC(=O)N1CCN(c2nc(CCCO)c[nH]c2=O)CC1.CC(C)(C)OC(=O)N1CCN(c2nc(CCCO)cn(-c3ccc(-c4cccnn4)cc3)c2=O)CC1. The molecule has 4 aromatic heterocycles. The first-order chi connectivity index (χ1) is 34.9. The number of hydrogen-bond acceptors (Lipinski definition) is 16. The summed E-state index contributed by atoms with van der Waals surface area (Å²) in [4.78, 5) is 68.9. The van der Waals surface area contributed by atoms with Gasteiger partial charge >= 0.3 is 12.2 Å². The molecule has 20 nitrogen and oxygen atoms in total. The van der Waals surface area contributed by atoms with E-state index < -0.39 is 11.2 Å². The topological polar surface area (TPSA) is 238 Å². The zero-order valence-corrected chi connectivity index (χ0v) is 43.9. The Morgan fingerprint density at radius 1 is 0.630 bits per heavy atom. The van der Waals surface area contributed by atoms with Crippen LogP contribution in [0.15, 0.2) is 112 Å². The van der Waals surface area contributed by atoms with Crippen LogP contribution in [0.4, 0.5) is 21.2 Å². The Hall–Kier alpha value is -7.10. The van der Waals surface area contributed by atoms with Gasteiger partial charge in [0.1, 0.15) is 11.2 Å². The lowest BCUT2D eigenvalue weighted by atomic mass is 10.1. The standard InChI is InChI=1S/C26H32N6O4.C16H26N4O4.C10H7BrN2/c1-26(2,3)36-25(35)31-15-13-30(14-16-31)23-24(34)32(18-20(28-23)6-5-17-33)21-10-8-19(9-11-21)22-7-4-12-27-29-22;1-16(2,3)24-15(23)20-8-6-19(7-9-20)13-14(22)17-11-12(18-13)5-4-10-21;11-9-5-3-8(4-6-9)10-2-1-7-12-13-10/h4,7-12,18,33H,5-6,13-17H2,1-3H3;11,21H,4-10H2,1-3H3,(H,17,22);1-7H. The molecule has 2 aromatic carbocycles. The van der Waals surface area contributed by atoms with Crippen molar-refractivity contribution in [3.05, 3.63) is 134 Å². The minimum atomic E-state index is -0.562. The molecular formula is C52H65BrN12O8. The van der Waals surface area contributed by atoms with E-state index in [2.05, 4.69) is 51.3 Å². The molecule has 8 rings (SSSR count). The number of aliphatic hydroxyl groups excluding tert-OH is 2. The highest BCUT2D eigenvalue weighted by molar-refractivity contribution is 9.10. The lowest BCUT2D eigenvalue weighted by molar-refractivity contribution is 0.0230. The van der Waals surface area contributed by atoms with Crippen LogP contribution in [0.1, 0.15) is 65.8 Å². The third-order valence-electron chi connectivity index (χ3n) is 11.1. The van der Waals surface area contributed by atoms with Crippen LogP contribution < -0.4 is 20.9 Å². The van der Waals surface area contributed by atoms with Crippen molar-refractivity contribution in [2.45, 2.75) is 78.4 Å². The maximum Gasteiger partial charge on any atom is 0.410 e. The van der Waals surface area contributed by atoms with Crippen LogP contribution in [0.5, 0.6) is 0 Å². The minimum Gasteiger partial charge on any atom is -0.444 e. The largest absolute Gasteiger partial charge is 0.444 e. The van der Waals surface area contributed by atoms with Crippen molar-refractivity contribution in [1.82, 2.24) is 49.7 Å². The fourth-order valence-electron chi connectivity index (χ4n) is 7.52. The number of piperazine rings is 2. The third kappa shape index (κ3) is 16.7. The molecule has 2 aliphatic heterocycles. The zero-order chi connectivity index (χ0) is 52.5. The molecule has 21 heteroatoms. The number of halogens is 1. The second-order valence-corrected chi connectivity index (χ2v) is 20.0. The van der Waals surface area contributed by atoms with Crippen LogP contribution in [0.2, 0.25) is 0 Å². The van der Waals surface area contributed by atoms with Gasteiger partial charge in [-0.2, -0.15) is 20.4 Å². The zero-order valence-electron chi connectivity index (χ0n) is 42.3. The van der Waals surface area contributed by atoms with Gasteiger partial charge < -0.3 is 44.3 Å². The average Bonchev–Trinajstić information content (AvgIpc) is 3.38. The summed E-state index contributed by atoms with van der Waals surface area (Å²) < 4.78 is 13.5. The molecule has 6 aromatic rings. The van der Waals surface area contributed by atoms with Gasteiger partial charge in [-0.3, -0.25) is 14.2 Å². The highest BCUT2D eigenvalue weighted by Crippen LogP contribution is 2.22. The van der Waals surface area contributed by atoms with E-state index in [1.165, 1.54) is 0 Å². The normalized spacial score (nSPS) is 13.8. The van der Waals surface area contributed by atoms with E-state index >= 15 is 0 Å². The molecule has 0 bridgehead atoms. The molecule has 0 atom stereocenters. The van der Waals surface area contributed by atoms with E-state index in [1.54, 1.807) is 39.2 Å². The Balaban J connectivity index is 0.000000200. The first kappa shape index (κ1) is 55.2. The third-order valence-corrected chi connectivity index (χ3v) is 11.7. The van der Waals surface area contributed by atoms with Crippen molar-refractivity contribution >= 4 is 39.8 Å². The number of benzene rings is 2. The molecule has 0 saturated carbocycles. The Morgan fingerprint density at radius 3 is 1.53 bits per heavy atom. The van der Waals surface area contributed by atoms with E-state index in [1.807, 2.05) is 124 Å². The van der Waals surface area contributed by atoms with Crippen LogP contribution >= 0.6 is 15.9 Å². The first-order valence-electron chi connectivity index (χ1n) is 24.2. The quantitative estimate of drug-likeness (QED) is 0.129. The molecule has 2 aliphatic rings. The van der Waals surface area contributed by atoms with Crippen molar-refractivity contribution in [3.8, 4) is 28.2 Å². The number of carbonyl (C=O) groups excluding carboxylic acids is 2. The van der Waals surface area contributed by atoms with Gasteiger partial charge in [0.15, 0.2) is 11.6 Å². The molecule has 0 radical (unpaired) electrons. The van der Waals surface area contributed by atoms with E-state index in [0.29, 0.717) is 101 Å². The molecule has 0 spiro atoms. The van der Waals surface area contributed by atoms with E-state index in [4.69, 9.17) is 14.6 Å². The van der Waals surface area contributed by atoms with Gasteiger partial charge in [-0.15, -0.1) is 0 Å². The smallest absolute Gasteiger partial charge is 0.410 e. The molecule has 388 valence electrons. The Morgan fingerprint density at radius 2 is 1.08 bits per heavy atom. The van der Waals surface area contributed by atoms with Gasteiger partial charge in [0.05, 0.1) is 22.8 Å². The maximum atomic E-state index is 13.5. The van der Waals surface area contributed by atoms with Crippen LogP contribution in [0.3, 0.4) is 0 Å². The molecule has 6 heterocycles. The number of amides is 2. The predicted molar refractivity (Wildman–Crippen MR) is 282 cm³/mol. The van der Waals surface area contributed by atoms with Crippen molar-refractivity contribution < 1.29 is 29.3 Å². The molecule has 2 fully saturated rings. The number of anilines is 2. The van der Waals surface area contributed by atoms with Gasteiger partial charge in [0, 0.05) is 112 Å². The number of aliphatic hydroxyl groups is 2. The molecule has 3 N–H and O–H groups in total. The van der Waals surface area contributed by atoms with Crippen molar-refractivity contribution in [1.29, 1.82) is 0 Å². The summed E-state index contributed by atoms with van der Waals surface area (Å²) in [7, 11) is 0. The summed E-state index contributed by atoms with van der Waals surface area (Å²) in [5.41, 5.74) is 4.22. The highest BCUT2D eigenvalue weighted by atomic mass is 79.9. The fourth-order valence-corrected chi connectivity index (χ4v) is 7.78. The number of ether oxygens (including phenoxy) is 2. The summed E-state index contributed by atoms with van der Waals surface area (Å²) in [6.45, 7) is 15.0. The van der Waals surface area contributed by atoms with Gasteiger partial charge in [0.2, 0.25) is 0 Å². The molecule has 2 saturated heterocycles. The van der Waals surface area contributed by atoms with Gasteiger partial charge in [-0.1, -0.05) is 40.2 Å². The number of nitrogens with zero attached hydrogens (tertiary/aromatic N) is 11. The van der Waals surface area contributed by atoms with E-state index in [-0.39, 0.29) is 36.5 Å². The number of carbonyl (C=O) groups is 2. The number of aryl methyl sites for hydroxylation is 2. The Bertz CT molecular complexity index is 2810. The summed E-state index contributed by atoms with van der Waals surface area (Å²) in [6, 6.07) is 23.1.